The molecule has 6 heteroatoms. The highest BCUT2D eigenvalue weighted by molar-refractivity contribution is 6.31. The second-order valence-electron chi connectivity index (χ2n) is 4.89. The maximum Gasteiger partial charge on any atom is 0.356 e. The zero-order chi connectivity index (χ0) is 15.0. The van der Waals surface area contributed by atoms with Crippen molar-refractivity contribution in [3.05, 3.63) is 34.5 Å². The lowest BCUT2D eigenvalue weighted by molar-refractivity contribution is 0.0689. The Morgan fingerprint density at radius 3 is 2.50 bits per heavy atom. The number of benzene rings is 1. The number of aromatic hydroxyl groups is 1. The number of aromatic nitrogens is 2. The van der Waals surface area contributed by atoms with Crippen LogP contribution in [0.25, 0.3) is 11.3 Å². The van der Waals surface area contributed by atoms with Crippen molar-refractivity contribution in [2.75, 3.05) is 0 Å². The predicted octanol–water partition coefficient (Wildman–Crippen LogP) is 3.27. The summed E-state index contributed by atoms with van der Waals surface area (Å²) in [6.07, 6.45) is 0. The molecular weight excluding hydrogens is 280 g/mol. The lowest BCUT2D eigenvalue weighted by Crippen LogP contribution is -1.99. The maximum absolute atomic E-state index is 10.9. The standard InChI is InChI=1S/C14H15ClN2O3/c1-7(2)8-5-13(18)9(4-10(8)15)12-6-11(14(19)20)16-17(12)3/h4-7,18H,1-3H3,(H,19,20). The van der Waals surface area contributed by atoms with Crippen molar-refractivity contribution in [1.82, 2.24) is 9.78 Å². The minimum absolute atomic E-state index is 0.0537. The summed E-state index contributed by atoms with van der Waals surface area (Å²) in [6, 6.07) is 4.65. The number of aromatic carboxylic acids is 1. The van der Waals surface area contributed by atoms with Crippen LogP contribution < -0.4 is 0 Å². The summed E-state index contributed by atoms with van der Waals surface area (Å²) in [7, 11) is 1.62. The molecule has 2 rings (SSSR count). The van der Waals surface area contributed by atoms with Crippen molar-refractivity contribution in [2.24, 2.45) is 7.05 Å². The third kappa shape index (κ3) is 2.49. The molecule has 2 N–H and O–H groups in total. The van der Waals surface area contributed by atoms with Gasteiger partial charge in [0.15, 0.2) is 5.69 Å². The second-order valence-corrected chi connectivity index (χ2v) is 5.30. The summed E-state index contributed by atoms with van der Waals surface area (Å²) in [5.41, 5.74) is 1.72. The van der Waals surface area contributed by atoms with E-state index in [1.807, 2.05) is 13.8 Å². The molecule has 0 unspecified atom stereocenters. The Bertz CT molecular complexity index is 677. The van der Waals surface area contributed by atoms with Gasteiger partial charge in [0.05, 0.1) is 5.69 Å². The van der Waals surface area contributed by atoms with Crippen molar-refractivity contribution >= 4 is 17.6 Å². The van der Waals surface area contributed by atoms with E-state index in [9.17, 15) is 9.90 Å². The Labute approximate surface area is 121 Å². The van der Waals surface area contributed by atoms with Gasteiger partial charge in [-0.1, -0.05) is 25.4 Å². The first-order chi connectivity index (χ1) is 9.31. The highest BCUT2D eigenvalue weighted by Gasteiger charge is 2.17. The normalized spacial score (nSPS) is 11.1. The molecule has 0 spiro atoms. The maximum atomic E-state index is 10.9. The van der Waals surface area contributed by atoms with Crippen LogP contribution in [0.2, 0.25) is 5.02 Å². The van der Waals surface area contributed by atoms with Crippen molar-refractivity contribution < 1.29 is 15.0 Å². The Morgan fingerprint density at radius 1 is 1.35 bits per heavy atom. The molecule has 0 fully saturated rings. The van der Waals surface area contributed by atoms with Crippen molar-refractivity contribution in [3.8, 4) is 17.0 Å². The van der Waals surface area contributed by atoms with Gasteiger partial charge in [-0.2, -0.15) is 5.10 Å². The molecule has 2 aromatic rings. The zero-order valence-corrected chi connectivity index (χ0v) is 12.1. The van der Waals surface area contributed by atoms with Gasteiger partial charge in [0, 0.05) is 17.6 Å². The van der Waals surface area contributed by atoms with Crippen molar-refractivity contribution in [3.63, 3.8) is 0 Å². The molecule has 1 heterocycles. The van der Waals surface area contributed by atoms with Gasteiger partial charge in [0.25, 0.3) is 0 Å². The lowest BCUT2D eigenvalue weighted by atomic mass is 9.99. The summed E-state index contributed by atoms with van der Waals surface area (Å²) in [6.45, 7) is 3.96. The first-order valence-electron chi connectivity index (χ1n) is 6.11. The lowest BCUT2D eigenvalue weighted by Gasteiger charge is -2.12. The van der Waals surface area contributed by atoms with E-state index < -0.39 is 5.97 Å². The summed E-state index contributed by atoms with van der Waals surface area (Å²) >= 11 is 6.21. The van der Waals surface area contributed by atoms with E-state index in [1.165, 1.54) is 10.7 Å². The highest BCUT2D eigenvalue weighted by atomic mass is 35.5. The van der Waals surface area contributed by atoms with Crippen LogP contribution >= 0.6 is 11.6 Å². The van der Waals surface area contributed by atoms with Gasteiger partial charge in [-0.15, -0.1) is 0 Å². The molecule has 0 saturated heterocycles. The van der Waals surface area contributed by atoms with Crippen LogP contribution in [0.15, 0.2) is 18.2 Å². The molecule has 0 saturated carbocycles. The van der Waals surface area contributed by atoms with E-state index in [2.05, 4.69) is 5.10 Å². The highest BCUT2D eigenvalue weighted by Crippen LogP contribution is 2.36. The largest absolute Gasteiger partial charge is 0.507 e. The van der Waals surface area contributed by atoms with E-state index in [-0.39, 0.29) is 17.4 Å². The Balaban J connectivity index is 2.59. The fourth-order valence-corrected chi connectivity index (χ4v) is 2.43. The van der Waals surface area contributed by atoms with E-state index in [0.29, 0.717) is 16.3 Å². The average molecular weight is 295 g/mol. The van der Waals surface area contributed by atoms with E-state index >= 15 is 0 Å². The Hall–Kier alpha value is -2.01. The van der Waals surface area contributed by atoms with Crippen LogP contribution in [0, 0.1) is 0 Å². The topological polar surface area (TPSA) is 75.3 Å². The third-order valence-corrected chi connectivity index (χ3v) is 3.44. The van der Waals surface area contributed by atoms with Crippen molar-refractivity contribution in [2.45, 2.75) is 19.8 Å². The second kappa shape index (κ2) is 5.17. The van der Waals surface area contributed by atoms with Gasteiger partial charge in [0.1, 0.15) is 5.75 Å². The number of carbonyl (C=O) groups is 1. The predicted molar refractivity (Wildman–Crippen MR) is 76.4 cm³/mol. The summed E-state index contributed by atoms with van der Waals surface area (Å²) in [4.78, 5) is 10.9. The molecule has 0 radical (unpaired) electrons. The molecule has 0 aliphatic carbocycles. The van der Waals surface area contributed by atoms with Gasteiger partial charge in [0.2, 0.25) is 0 Å². The van der Waals surface area contributed by atoms with Gasteiger partial charge in [-0.3, -0.25) is 4.68 Å². The molecule has 20 heavy (non-hydrogen) atoms. The van der Waals surface area contributed by atoms with Crippen LogP contribution in [0.4, 0.5) is 0 Å². The molecule has 1 aromatic carbocycles. The van der Waals surface area contributed by atoms with Crippen LogP contribution in [0.1, 0.15) is 35.8 Å². The number of carboxylic acid groups (broad SMARTS) is 1. The SMILES string of the molecule is CC(C)c1cc(O)c(-c2cc(C(=O)O)nn2C)cc1Cl. The number of nitrogens with zero attached hydrogens (tertiary/aromatic N) is 2. The zero-order valence-electron chi connectivity index (χ0n) is 11.4. The number of phenols is 1. The van der Waals surface area contributed by atoms with Crippen LogP contribution in [-0.2, 0) is 7.05 Å². The molecule has 0 aliphatic rings. The molecule has 0 amide bonds. The third-order valence-electron chi connectivity index (χ3n) is 3.11. The number of hydrogen-bond acceptors (Lipinski definition) is 3. The fraction of sp³-hybridized carbons (Fsp3) is 0.286. The van der Waals surface area contributed by atoms with Gasteiger partial charge >= 0.3 is 5.97 Å². The Morgan fingerprint density at radius 2 is 2.00 bits per heavy atom. The van der Waals surface area contributed by atoms with Gasteiger partial charge in [-0.05, 0) is 29.7 Å². The molecule has 1 aromatic heterocycles. The van der Waals surface area contributed by atoms with E-state index in [4.69, 9.17) is 16.7 Å². The fourth-order valence-electron chi connectivity index (χ4n) is 2.05. The molecule has 0 aliphatic heterocycles. The van der Waals surface area contributed by atoms with Crippen LogP contribution in [-0.4, -0.2) is 26.0 Å². The first kappa shape index (κ1) is 14.4. The molecule has 5 nitrogen and oxygen atoms in total. The molecule has 0 bridgehead atoms. The number of halogens is 1. The molecular formula is C14H15ClN2O3. The van der Waals surface area contributed by atoms with Gasteiger partial charge < -0.3 is 10.2 Å². The summed E-state index contributed by atoms with van der Waals surface area (Å²) in [5.74, 6) is -0.877. The summed E-state index contributed by atoms with van der Waals surface area (Å²) in [5, 5.41) is 23.5. The van der Waals surface area contributed by atoms with Crippen LogP contribution in [0.3, 0.4) is 0 Å². The quantitative estimate of drug-likeness (QED) is 0.911. The molecule has 106 valence electrons. The first-order valence-corrected chi connectivity index (χ1v) is 6.49. The smallest absolute Gasteiger partial charge is 0.356 e. The minimum atomic E-state index is -1.11. The van der Waals surface area contributed by atoms with Crippen LogP contribution in [0.5, 0.6) is 5.75 Å². The number of phenolic OH excluding ortho intramolecular Hbond substituents is 1. The van der Waals surface area contributed by atoms with Crippen molar-refractivity contribution in [1.29, 1.82) is 0 Å². The number of rotatable bonds is 3. The van der Waals surface area contributed by atoms with E-state index in [0.717, 1.165) is 5.56 Å². The monoisotopic (exact) mass is 294 g/mol. The number of carboxylic acids is 1. The number of aryl methyl sites for hydroxylation is 1. The number of hydrogen-bond donors (Lipinski definition) is 2. The van der Waals surface area contributed by atoms with E-state index in [1.54, 1.807) is 19.2 Å². The van der Waals surface area contributed by atoms with Gasteiger partial charge in [-0.25, -0.2) is 4.79 Å². The average Bonchev–Trinajstić information content (AvgIpc) is 2.73. The Kier molecular flexibility index (Phi) is 3.72. The summed E-state index contributed by atoms with van der Waals surface area (Å²) < 4.78 is 1.41. The molecule has 0 atom stereocenters. The minimum Gasteiger partial charge on any atom is -0.507 e.